The van der Waals surface area contributed by atoms with Crippen molar-refractivity contribution in [3.05, 3.63) is 44.2 Å². The zero-order valence-electron chi connectivity index (χ0n) is 16.6. The topological polar surface area (TPSA) is 76.7 Å². The van der Waals surface area contributed by atoms with Gasteiger partial charge in [-0.3, -0.25) is 9.59 Å². The van der Waals surface area contributed by atoms with Crippen LogP contribution in [0.1, 0.15) is 50.4 Å². The van der Waals surface area contributed by atoms with Crippen molar-refractivity contribution in [3.8, 4) is 5.75 Å². The van der Waals surface area contributed by atoms with Crippen LogP contribution in [-0.4, -0.2) is 39.2 Å². The van der Waals surface area contributed by atoms with Gasteiger partial charge in [-0.2, -0.15) is 0 Å². The van der Waals surface area contributed by atoms with Crippen molar-refractivity contribution in [1.82, 2.24) is 5.32 Å². The molecular formula is C21H25BrN2O4S. The zero-order valence-corrected chi connectivity index (χ0v) is 19.0. The van der Waals surface area contributed by atoms with Gasteiger partial charge in [0.15, 0.2) is 0 Å². The van der Waals surface area contributed by atoms with Gasteiger partial charge < -0.3 is 20.1 Å². The van der Waals surface area contributed by atoms with Crippen LogP contribution in [0.2, 0.25) is 0 Å². The summed E-state index contributed by atoms with van der Waals surface area (Å²) in [6.45, 7) is 1.13. The maximum Gasteiger partial charge on any atom is 0.257 e. The normalized spacial score (nSPS) is 12.9. The Kier molecular flexibility index (Phi) is 7.69. The van der Waals surface area contributed by atoms with E-state index in [1.165, 1.54) is 16.2 Å². The van der Waals surface area contributed by atoms with E-state index in [1.54, 1.807) is 32.4 Å². The number of benzene rings is 1. The summed E-state index contributed by atoms with van der Waals surface area (Å²) in [7, 11) is 3.20. The lowest BCUT2D eigenvalue weighted by molar-refractivity contribution is 0.0948. The van der Waals surface area contributed by atoms with Gasteiger partial charge in [0.2, 0.25) is 0 Å². The molecule has 3 rings (SSSR count). The number of aryl methyl sites for hydroxylation is 1. The van der Waals surface area contributed by atoms with Crippen LogP contribution in [0.5, 0.6) is 5.75 Å². The molecule has 0 atom stereocenters. The number of halogens is 1. The average molecular weight is 481 g/mol. The molecular weight excluding hydrogens is 456 g/mol. The number of carbonyl (C=O) groups excluding carboxylic acids is 2. The standard InChI is InChI=1S/C21H25BrN2O4S/c1-27-11-5-10-23-20(26)18-14-6-3-4-7-17(14)29-21(18)24-19(25)15-12-13(28-2)8-9-16(15)22/h8-9,12H,3-7,10-11H2,1-2H3,(H,23,26)(H,24,25). The molecule has 0 saturated carbocycles. The minimum atomic E-state index is -0.275. The molecule has 0 radical (unpaired) electrons. The van der Waals surface area contributed by atoms with Gasteiger partial charge in [0.05, 0.1) is 18.2 Å². The summed E-state index contributed by atoms with van der Waals surface area (Å²) in [4.78, 5) is 27.1. The van der Waals surface area contributed by atoms with E-state index in [-0.39, 0.29) is 11.8 Å². The molecule has 1 heterocycles. The summed E-state index contributed by atoms with van der Waals surface area (Å²) in [5.74, 6) is 0.184. The average Bonchev–Trinajstić information content (AvgIpc) is 3.09. The second kappa shape index (κ2) is 10.2. The molecule has 0 saturated heterocycles. The van der Waals surface area contributed by atoms with E-state index >= 15 is 0 Å². The maximum atomic E-state index is 13.0. The molecule has 1 aromatic carbocycles. The number of ether oxygens (including phenoxy) is 2. The van der Waals surface area contributed by atoms with E-state index in [9.17, 15) is 9.59 Å². The Bertz CT molecular complexity index is 897. The van der Waals surface area contributed by atoms with Crippen LogP contribution >= 0.6 is 27.3 Å². The first-order valence-electron chi connectivity index (χ1n) is 9.61. The lowest BCUT2D eigenvalue weighted by Gasteiger charge is -2.13. The molecule has 8 heteroatoms. The van der Waals surface area contributed by atoms with Crippen LogP contribution in [-0.2, 0) is 17.6 Å². The van der Waals surface area contributed by atoms with Crippen molar-refractivity contribution in [2.75, 3.05) is 32.7 Å². The fourth-order valence-electron chi connectivity index (χ4n) is 3.38. The van der Waals surface area contributed by atoms with Crippen LogP contribution in [0.25, 0.3) is 0 Å². The number of methoxy groups -OCH3 is 2. The highest BCUT2D eigenvalue weighted by molar-refractivity contribution is 9.10. The van der Waals surface area contributed by atoms with E-state index in [4.69, 9.17) is 9.47 Å². The summed E-state index contributed by atoms with van der Waals surface area (Å²) >= 11 is 4.93. The number of hydrogen-bond donors (Lipinski definition) is 2. The number of thiophene rings is 1. The lowest BCUT2D eigenvalue weighted by atomic mass is 9.95. The minimum Gasteiger partial charge on any atom is -0.497 e. The van der Waals surface area contributed by atoms with Crippen LogP contribution < -0.4 is 15.4 Å². The minimum absolute atomic E-state index is 0.138. The van der Waals surface area contributed by atoms with Crippen molar-refractivity contribution in [3.63, 3.8) is 0 Å². The number of hydrogen-bond acceptors (Lipinski definition) is 5. The molecule has 156 valence electrons. The van der Waals surface area contributed by atoms with Gasteiger partial charge in [0, 0.05) is 29.6 Å². The van der Waals surface area contributed by atoms with E-state index < -0.39 is 0 Å². The lowest BCUT2D eigenvalue weighted by Crippen LogP contribution is -2.27. The Morgan fingerprint density at radius 2 is 1.97 bits per heavy atom. The maximum absolute atomic E-state index is 13.0. The second-order valence-electron chi connectivity index (χ2n) is 6.82. The molecule has 1 aliphatic carbocycles. The van der Waals surface area contributed by atoms with Gasteiger partial charge in [-0.1, -0.05) is 0 Å². The third kappa shape index (κ3) is 5.18. The van der Waals surface area contributed by atoms with Gasteiger partial charge in [-0.05, 0) is 71.8 Å². The largest absolute Gasteiger partial charge is 0.497 e. The Morgan fingerprint density at radius 1 is 1.17 bits per heavy atom. The van der Waals surface area contributed by atoms with E-state index in [2.05, 4.69) is 26.6 Å². The number of amides is 2. The predicted molar refractivity (Wildman–Crippen MR) is 118 cm³/mol. The summed E-state index contributed by atoms with van der Waals surface area (Å²) in [5, 5.41) is 6.54. The molecule has 2 N–H and O–H groups in total. The number of carbonyl (C=O) groups is 2. The molecule has 0 bridgehead atoms. The van der Waals surface area contributed by atoms with Crippen molar-refractivity contribution >= 4 is 44.1 Å². The van der Waals surface area contributed by atoms with E-state index in [0.29, 0.717) is 39.5 Å². The molecule has 1 aliphatic rings. The van der Waals surface area contributed by atoms with Gasteiger partial charge in [-0.15, -0.1) is 11.3 Å². The van der Waals surface area contributed by atoms with Crippen molar-refractivity contribution in [1.29, 1.82) is 0 Å². The quantitative estimate of drug-likeness (QED) is 0.548. The fraction of sp³-hybridized carbons (Fsp3) is 0.429. The number of anilines is 1. The van der Waals surface area contributed by atoms with Crippen molar-refractivity contribution in [2.45, 2.75) is 32.1 Å². The third-order valence-electron chi connectivity index (χ3n) is 4.85. The fourth-order valence-corrected chi connectivity index (χ4v) is 5.09. The van der Waals surface area contributed by atoms with Gasteiger partial charge in [-0.25, -0.2) is 0 Å². The molecule has 0 fully saturated rings. The zero-order chi connectivity index (χ0) is 20.8. The third-order valence-corrected chi connectivity index (χ3v) is 6.75. The monoisotopic (exact) mass is 480 g/mol. The SMILES string of the molecule is COCCCNC(=O)c1c(NC(=O)c2cc(OC)ccc2Br)sc2c1CCCC2. The number of nitrogens with one attached hydrogen (secondary N) is 2. The molecule has 1 aromatic heterocycles. The Balaban J connectivity index is 1.86. The number of rotatable bonds is 8. The van der Waals surface area contributed by atoms with Gasteiger partial charge >= 0.3 is 0 Å². The highest BCUT2D eigenvalue weighted by Crippen LogP contribution is 2.38. The Hall–Kier alpha value is -1.90. The first kappa shape index (κ1) is 21.8. The predicted octanol–water partition coefficient (Wildman–Crippen LogP) is 4.42. The van der Waals surface area contributed by atoms with E-state index in [1.807, 2.05) is 0 Å². The first-order valence-corrected chi connectivity index (χ1v) is 11.2. The molecule has 0 spiro atoms. The Labute approximate surface area is 183 Å². The molecule has 0 unspecified atom stereocenters. The van der Waals surface area contributed by atoms with Crippen molar-refractivity contribution < 1.29 is 19.1 Å². The van der Waals surface area contributed by atoms with Gasteiger partial charge in [0.25, 0.3) is 11.8 Å². The number of fused-ring (bicyclic) bond motifs is 1. The summed E-state index contributed by atoms with van der Waals surface area (Å²) in [5.41, 5.74) is 2.14. The van der Waals surface area contributed by atoms with Crippen LogP contribution in [0.4, 0.5) is 5.00 Å². The van der Waals surface area contributed by atoms with E-state index in [0.717, 1.165) is 37.7 Å². The molecule has 29 heavy (non-hydrogen) atoms. The highest BCUT2D eigenvalue weighted by atomic mass is 79.9. The van der Waals surface area contributed by atoms with Gasteiger partial charge in [0.1, 0.15) is 10.8 Å². The van der Waals surface area contributed by atoms with Crippen LogP contribution in [0, 0.1) is 0 Å². The first-order chi connectivity index (χ1) is 14.0. The summed E-state index contributed by atoms with van der Waals surface area (Å²) < 4.78 is 10.9. The van der Waals surface area contributed by atoms with Crippen LogP contribution in [0.15, 0.2) is 22.7 Å². The van der Waals surface area contributed by atoms with Crippen molar-refractivity contribution in [2.24, 2.45) is 0 Å². The summed E-state index contributed by atoms with van der Waals surface area (Å²) in [6, 6.07) is 5.23. The Morgan fingerprint density at radius 3 is 2.72 bits per heavy atom. The second-order valence-corrected chi connectivity index (χ2v) is 8.78. The molecule has 2 aromatic rings. The smallest absolute Gasteiger partial charge is 0.257 e. The summed E-state index contributed by atoms with van der Waals surface area (Å²) in [6.07, 6.45) is 4.72. The highest BCUT2D eigenvalue weighted by Gasteiger charge is 2.26. The molecule has 6 nitrogen and oxygen atoms in total. The molecule has 2 amide bonds. The van der Waals surface area contributed by atoms with Crippen LogP contribution in [0.3, 0.4) is 0 Å². The molecule has 0 aliphatic heterocycles.